The van der Waals surface area contributed by atoms with Crippen molar-refractivity contribution >= 4 is 34.2 Å². The fourth-order valence-corrected chi connectivity index (χ4v) is 2.30. The molecule has 6 heteroatoms. The molecule has 0 aromatic heterocycles. The van der Waals surface area contributed by atoms with Crippen molar-refractivity contribution in [2.24, 2.45) is 5.73 Å². The van der Waals surface area contributed by atoms with E-state index < -0.39 is 5.82 Å². The van der Waals surface area contributed by atoms with E-state index in [1.165, 1.54) is 12.1 Å². The molecule has 3 nitrogen and oxygen atoms in total. The number of benzene rings is 1. The van der Waals surface area contributed by atoms with Gasteiger partial charge in [-0.2, -0.15) is 0 Å². The lowest BCUT2D eigenvalue weighted by Crippen LogP contribution is -2.31. The van der Waals surface area contributed by atoms with Gasteiger partial charge in [-0.3, -0.25) is 4.79 Å². The summed E-state index contributed by atoms with van der Waals surface area (Å²) in [6, 6.07) is 4.24. The van der Waals surface area contributed by atoms with E-state index in [1.54, 1.807) is 11.0 Å². The molecule has 0 saturated carbocycles. The number of hydrogen-bond acceptors (Lipinski definition) is 2. The fourth-order valence-electron chi connectivity index (χ4n) is 1.83. The van der Waals surface area contributed by atoms with Gasteiger partial charge in [0.1, 0.15) is 5.82 Å². The van der Waals surface area contributed by atoms with Crippen molar-refractivity contribution in [1.29, 1.82) is 0 Å². The van der Waals surface area contributed by atoms with Gasteiger partial charge in [-0.25, -0.2) is 4.39 Å². The van der Waals surface area contributed by atoms with E-state index in [-0.39, 0.29) is 24.4 Å². The molecule has 1 amide bonds. The molecule has 1 aromatic carbocycles. The first-order valence-electron chi connectivity index (χ1n) is 5.07. The number of carbonyl (C=O) groups excluding carboxylic acids is 1. The van der Waals surface area contributed by atoms with Crippen LogP contribution < -0.4 is 5.73 Å². The number of hydrogen-bond donors (Lipinski definition) is 1. The molecule has 0 spiro atoms. The second kappa shape index (κ2) is 5.80. The van der Waals surface area contributed by atoms with Crippen LogP contribution in [0.5, 0.6) is 0 Å². The fraction of sp³-hybridized carbons (Fsp3) is 0.364. The first kappa shape index (κ1) is 14.4. The lowest BCUT2D eigenvalue weighted by atomic mass is 10.2. The van der Waals surface area contributed by atoms with E-state index in [0.29, 0.717) is 23.1 Å². The monoisotopic (exact) mass is 322 g/mol. The normalized spacial score (nSPS) is 19.0. The van der Waals surface area contributed by atoms with Crippen molar-refractivity contribution in [3.8, 4) is 0 Å². The van der Waals surface area contributed by atoms with Crippen LogP contribution in [0.3, 0.4) is 0 Å². The van der Waals surface area contributed by atoms with Crippen molar-refractivity contribution in [3.05, 3.63) is 34.1 Å². The predicted molar refractivity (Wildman–Crippen MR) is 69.8 cm³/mol. The van der Waals surface area contributed by atoms with Gasteiger partial charge in [-0.15, -0.1) is 12.4 Å². The Morgan fingerprint density at radius 1 is 1.47 bits per heavy atom. The van der Waals surface area contributed by atoms with Crippen molar-refractivity contribution in [3.63, 3.8) is 0 Å². The number of nitrogens with two attached hydrogens (primary N) is 1. The van der Waals surface area contributed by atoms with Crippen LogP contribution in [0.1, 0.15) is 16.8 Å². The Morgan fingerprint density at radius 2 is 2.18 bits per heavy atom. The zero-order valence-corrected chi connectivity index (χ0v) is 11.4. The zero-order chi connectivity index (χ0) is 11.7. The minimum atomic E-state index is -0.416. The van der Waals surface area contributed by atoms with Gasteiger partial charge in [0.2, 0.25) is 0 Å². The van der Waals surface area contributed by atoms with E-state index in [4.69, 9.17) is 5.73 Å². The van der Waals surface area contributed by atoms with Crippen LogP contribution in [0.4, 0.5) is 4.39 Å². The van der Waals surface area contributed by atoms with Crippen LogP contribution in [0.2, 0.25) is 0 Å². The van der Waals surface area contributed by atoms with E-state index >= 15 is 0 Å². The predicted octanol–water partition coefficient (Wildman–Crippen LogP) is 2.18. The Labute approximate surface area is 114 Å². The molecule has 94 valence electrons. The quantitative estimate of drug-likeness (QED) is 0.861. The highest BCUT2D eigenvalue weighted by molar-refractivity contribution is 9.10. The summed E-state index contributed by atoms with van der Waals surface area (Å²) in [4.78, 5) is 13.6. The number of likely N-dealkylation sites (tertiary alicyclic amines) is 1. The summed E-state index contributed by atoms with van der Waals surface area (Å²) in [5.41, 5.74) is 6.09. The molecule has 1 aliphatic heterocycles. The molecule has 1 aliphatic rings. The van der Waals surface area contributed by atoms with Gasteiger partial charge in [-0.1, -0.05) is 15.9 Å². The summed E-state index contributed by atoms with van der Waals surface area (Å²) in [5.74, 6) is -0.575. The highest BCUT2D eigenvalue weighted by Crippen LogP contribution is 2.18. The van der Waals surface area contributed by atoms with Gasteiger partial charge < -0.3 is 10.6 Å². The molecule has 0 bridgehead atoms. The molecule has 0 unspecified atom stereocenters. The molecule has 2 N–H and O–H groups in total. The summed E-state index contributed by atoms with van der Waals surface area (Å²) in [5, 5.41) is 0. The summed E-state index contributed by atoms with van der Waals surface area (Å²) < 4.78 is 13.7. The van der Waals surface area contributed by atoms with Gasteiger partial charge in [0, 0.05) is 29.2 Å². The average Bonchev–Trinajstić information content (AvgIpc) is 2.62. The van der Waals surface area contributed by atoms with Crippen LogP contribution in [0.15, 0.2) is 22.7 Å². The molecular weight excluding hydrogens is 310 g/mol. The van der Waals surface area contributed by atoms with Gasteiger partial charge >= 0.3 is 0 Å². The topological polar surface area (TPSA) is 46.3 Å². The maximum absolute atomic E-state index is 13.1. The molecule has 1 atom stereocenters. The standard InChI is InChI=1S/C11H12BrFN2O.ClH/c12-8-3-7(4-9(13)5-8)11(16)15-2-1-10(14)6-15;/h3-5,10H,1-2,6,14H2;1H/t10-;/m1./s1. The molecule has 2 rings (SSSR count). The second-order valence-corrected chi connectivity index (χ2v) is 4.87. The molecule has 1 fully saturated rings. The Morgan fingerprint density at radius 3 is 2.71 bits per heavy atom. The summed E-state index contributed by atoms with van der Waals surface area (Å²) in [6.45, 7) is 1.20. The third-order valence-electron chi connectivity index (χ3n) is 2.62. The highest BCUT2D eigenvalue weighted by atomic mass is 79.9. The van der Waals surface area contributed by atoms with E-state index in [2.05, 4.69) is 15.9 Å². The van der Waals surface area contributed by atoms with Gasteiger partial charge in [0.15, 0.2) is 0 Å². The molecule has 1 saturated heterocycles. The van der Waals surface area contributed by atoms with Crippen LogP contribution in [-0.2, 0) is 0 Å². The molecular formula is C11H13BrClFN2O. The summed E-state index contributed by atoms with van der Waals surface area (Å²) >= 11 is 3.17. The third-order valence-corrected chi connectivity index (χ3v) is 3.08. The number of rotatable bonds is 1. The molecule has 0 aliphatic carbocycles. The number of carbonyl (C=O) groups is 1. The molecule has 1 heterocycles. The van der Waals surface area contributed by atoms with E-state index in [0.717, 1.165) is 6.42 Å². The van der Waals surface area contributed by atoms with E-state index in [9.17, 15) is 9.18 Å². The smallest absolute Gasteiger partial charge is 0.254 e. The van der Waals surface area contributed by atoms with Crippen molar-refractivity contribution in [2.45, 2.75) is 12.5 Å². The number of nitrogens with zero attached hydrogens (tertiary/aromatic N) is 1. The highest BCUT2D eigenvalue weighted by Gasteiger charge is 2.24. The Bertz CT molecular complexity index is 410. The van der Waals surface area contributed by atoms with Crippen LogP contribution in [-0.4, -0.2) is 29.9 Å². The van der Waals surface area contributed by atoms with Crippen molar-refractivity contribution < 1.29 is 9.18 Å². The van der Waals surface area contributed by atoms with Gasteiger partial charge in [0.05, 0.1) is 0 Å². The number of amides is 1. The zero-order valence-electron chi connectivity index (χ0n) is 9.03. The van der Waals surface area contributed by atoms with Crippen molar-refractivity contribution in [2.75, 3.05) is 13.1 Å². The van der Waals surface area contributed by atoms with Gasteiger partial charge in [-0.05, 0) is 24.6 Å². The first-order valence-corrected chi connectivity index (χ1v) is 5.86. The molecule has 17 heavy (non-hydrogen) atoms. The minimum Gasteiger partial charge on any atom is -0.337 e. The van der Waals surface area contributed by atoms with Crippen LogP contribution in [0, 0.1) is 5.82 Å². The van der Waals surface area contributed by atoms with Gasteiger partial charge in [0.25, 0.3) is 5.91 Å². The summed E-state index contributed by atoms with van der Waals surface area (Å²) in [6.07, 6.45) is 0.808. The Balaban J connectivity index is 0.00000144. The minimum absolute atomic E-state index is 0. The molecule has 1 aromatic rings. The Hall–Kier alpha value is -0.650. The first-order chi connectivity index (χ1) is 7.56. The maximum atomic E-state index is 13.1. The molecule has 0 radical (unpaired) electrons. The summed E-state index contributed by atoms with van der Waals surface area (Å²) in [7, 11) is 0. The lowest BCUT2D eigenvalue weighted by Gasteiger charge is -2.15. The van der Waals surface area contributed by atoms with E-state index in [1.807, 2.05) is 0 Å². The Kier molecular flexibility index (Phi) is 4.91. The number of halogens is 3. The average molecular weight is 324 g/mol. The lowest BCUT2D eigenvalue weighted by molar-refractivity contribution is 0.0790. The maximum Gasteiger partial charge on any atom is 0.254 e. The van der Waals surface area contributed by atoms with Crippen LogP contribution >= 0.6 is 28.3 Å². The second-order valence-electron chi connectivity index (χ2n) is 3.96. The third kappa shape index (κ3) is 3.40. The van der Waals surface area contributed by atoms with Crippen molar-refractivity contribution in [1.82, 2.24) is 4.90 Å². The largest absolute Gasteiger partial charge is 0.337 e. The van der Waals surface area contributed by atoms with Crippen LogP contribution in [0.25, 0.3) is 0 Å². The SMILES string of the molecule is Cl.N[C@@H]1CCN(C(=O)c2cc(F)cc(Br)c2)C1.